The molecule has 0 aromatic carbocycles. The number of pyridine rings is 1. The van der Waals surface area contributed by atoms with Crippen molar-refractivity contribution in [1.29, 1.82) is 0 Å². The quantitative estimate of drug-likeness (QED) is 0.173. The van der Waals surface area contributed by atoms with Gasteiger partial charge in [0, 0.05) is 23.7 Å². The number of aliphatic carboxylic acids is 1. The number of nitrogens with two attached hydrogens (primary N) is 1. The molecule has 3 amide bonds. The topological polar surface area (TPSA) is 190 Å². The molecule has 3 aliphatic heterocycles. The van der Waals surface area contributed by atoms with Gasteiger partial charge in [0.2, 0.25) is 0 Å². The number of nitrogen functional groups attached to an aromatic ring is 1. The Labute approximate surface area is 243 Å². The number of aromatic nitrogens is 2. The first-order valence-corrected chi connectivity index (χ1v) is 14.3. The normalized spacial score (nSPS) is 23.6. The Bertz CT molecular complexity index is 1530. The van der Waals surface area contributed by atoms with E-state index in [2.05, 4.69) is 20.4 Å². The number of carboxylic acid groups (broad SMARTS) is 1. The molecule has 2 aromatic rings. The van der Waals surface area contributed by atoms with Crippen molar-refractivity contribution >= 4 is 51.7 Å². The largest absolute Gasteiger partial charge is 0.489 e. The van der Waals surface area contributed by atoms with Crippen LogP contribution in [0.2, 0.25) is 0 Å². The van der Waals surface area contributed by atoms with E-state index in [1.54, 1.807) is 29.8 Å². The minimum atomic E-state index is -1.40. The van der Waals surface area contributed by atoms with Gasteiger partial charge in [-0.2, -0.15) is 0 Å². The predicted octanol–water partition coefficient (Wildman–Crippen LogP) is 1.17. The van der Waals surface area contributed by atoms with Crippen LogP contribution in [0.5, 0.6) is 0 Å². The Morgan fingerprint density at radius 3 is 2.76 bits per heavy atom. The lowest BCUT2D eigenvalue weighted by atomic mass is 9.92. The number of hydrogen-bond donors (Lipinski definition) is 3. The number of β-lactam (4-membered cyclic amide) rings is 1. The van der Waals surface area contributed by atoms with E-state index in [0.717, 1.165) is 41.9 Å². The lowest BCUT2D eigenvalue weighted by Gasteiger charge is -2.49. The van der Waals surface area contributed by atoms with Crippen molar-refractivity contribution in [3.05, 3.63) is 58.6 Å². The highest BCUT2D eigenvalue weighted by Crippen LogP contribution is 2.35. The van der Waals surface area contributed by atoms with Crippen LogP contribution in [0.15, 0.2) is 58.0 Å². The second kappa shape index (κ2) is 11.2. The van der Waals surface area contributed by atoms with E-state index in [1.807, 2.05) is 0 Å². The second-order valence-electron chi connectivity index (χ2n) is 10.1. The predicted molar refractivity (Wildman–Crippen MR) is 149 cm³/mol. The van der Waals surface area contributed by atoms with Gasteiger partial charge in [-0.3, -0.25) is 24.2 Å². The van der Waals surface area contributed by atoms with Crippen molar-refractivity contribution in [2.75, 3.05) is 23.8 Å². The van der Waals surface area contributed by atoms with Crippen LogP contribution >= 0.6 is 11.3 Å². The number of thiazole rings is 1. The summed E-state index contributed by atoms with van der Waals surface area (Å²) in [5, 5.41) is 18.5. The van der Waals surface area contributed by atoms with Gasteiger partial charge in [-0.1, -0.05) is 11.2 Å². The van der Waals surface area contributed by atoms with Gasteiger partial charge in [-0.15, -0.1) is 11.3 Å². The van der Waals surface area contributed by atoms with E-state index in [0.29, 0.717) is 24.4 Å². The molecule has 3 fully saturated rings. The highest BCUT2D eigenvalue weighted by Gasteiger charge is 2.55. The van der Waals surface area contributed by atoms with Gasteiger partial charge in [0.1, 0.15) is 36.3 Å². The van der Waals surface area contributed by atoms with Crippen LogP contribution in [0.25, 0.3) is 0 Å². The third kappa shape index (κ3) is 5.06. The van der Waals surface area contributed by atoms with Crippen molar-refractivity contribution in [1.82, 2.24) is 20.2 Å². The summed E-state index contributed by atoms with van der Waals surface area (Å²) >= 11 is 1.13. The van der Waals surface area contributed by atoms with E-state index >= 15 is 0 Å². The van der Waals surface area contributed by atoms with Gasteiger partial charge in [0.25, 0.3) is 17.7 Å². The van der Waals surface area contributed by atoms with Crippen LogP contribution in [-0.2, 0) is 28.8 Å². The summed E-state index contributed by atoms with van der Waals surface area (Å²) in [6.07, 6.45) is 6.83. The van der Waals surface area contributed by atoms with E-state index < -0.39 is 35.6 Å². The van der Waals surface area contributed by atoms with Crippen LogP contribution < -0.4 is 16.0 Å². The Hall–Kier alpha value is -4.79. The Morgan fingerprint density at radius 1 is 1.26 bits per heavy atom. The number of ether oxygens (including phenoxy) is 1. The molecule has 1 saturated carbocycles. The maximum Gasteiger partial charge on any atom is 0.356 e. The number of oxime groups is 1. The van der Waals surface area contributed by atoms with Crippen molar-refractivity contribution in [3.63, 3.8) is 0 Å². The van der Waals surface area contributed by atoms with Gasteiger partial charge in [0.15, 0.2) is 22.3 Å². The number of carboxylic acids is 1. The third-order valence-electron chi connectivity index (χ3n) is 7.52. The molecule has 6 rings (SSSR count). The van der Waals surface area contributed by atoms with E-state index in [-0.39, 0.29) is 40.9 Å². The lowest BCUT2D eigenvalue weighted by molar-refractivity contribution is -0.159. The smallest absolute Gasteiger partial charge is 0.356 e. The second-order valence-corrected chi connectivity index (χ2v) is 11.0. The molecule has 4 N–H and O–H groups in total. The highest BCUT2D eigenvalue weighted by atomic mass is 32.1. The standard InChI is InChI=1S/C27H27N7O7S/c28-27-30-16(13-42-27)20(32-41-15-5-1-2-6-15)23(35)31-21-17-12-40-18(22(26(38)39)34(17)25(21)37)11-14-8-10-33(24(14)36)19-7-3-4-9-29-19/h3-4,7,9,11,13,15,17,21H,1-2,5-6,8,10,12H2,(H2,28,30)(H,31,35)(H,38,39)/t17-,21+/m1/s1. The number of carbonyl (C=O) groups excluding carboxylic acids is 3. The number of fused-ring (bicyclic) bond motifs is 1. The van der Waals surface area contributed by atoms with Crippen LogP contribution in [0.4, 0.5) is 10.9 Å². The first-order chi connectivity index (χ1) is 20.3. The number of hydrogen-bond acceptors (Lipinski definition) is 11. The van der Waals surface area contributed by atoms with Gasteiger partial charge in [-0.25, -0.2) is 14.8 Å². The summed E-state index contributed by atoms with van der Waals surface area (Å²) in [7, 11) is 0. The molecule has 15 heteroatoms. The average Bonchev–Trinajstić information content (AvgIpc) is 3.74. The summed E-state index contributed by atoms with van der Waals surface area (Å²) in [5.41, 5.74) is 5.76. The fourth-order valence-corrected chi connectivity index (χ4v) is 5.95. The first kappa shape index (κ1) is 27.4. The molecule has 2 aromatic heterocycles. The molecule has 4 aliphatic rings. The molecule has 0 radical (unpaired) electrons. The lowest BCUT2D eigenvalue weighted by Crippen LogP contribution is -2.73. The zero-order chi connectivity index (χ0) is 29.4. The zero-order valence-corrected chi connectivity index (χ0v) is 23.1. The van der Waals surface area contributed by atoms with E-state index in [1.165, 1.54) is 11.0 Å². The molecule has 42 heavy (non-hydrogen) atoms. The number of anilines is 2. The van der Waals surface area contributed by atoms with E-state index in [4.69, 9.17) is 15.3 Å². The Kier molecular flexibility index (Phi) is 7.33. The number of rotatable bonds is 8. The number of allylic oxidation sites excluding steroid dienone is 1. The molecule has 2 saturated heterocycles. The summed E-state index contributed by atoms with van der Waals surface area (Å²) in [6.45, 7) is 0.273. The number of amides is 3. The molecule has 2 atom stereocenters. The first-order valence-electron chi connectivity index (χ1n) is 13.4. The fraction of sp³-hybridized carbons (Fsp3) is 0.370. The fourth-order valence-electron chi connectivity index (χ4n) is 5.40. The van der Waals surface area contributed by atoms with E-state index in [9.17, 15) is 24.3 Å². The van der Waals surface area contributed by atoms with Crippen molar-refractivity contribution in [3.8, 4) is 0 Å². The molecule has 1 aliphatic carbocycles. The van der Waals surface area contributed by atoms with Gasteiger partial charge in [-0.05, 0) is 50.3 Å². The molecule has 14 nitrogen and oxygen atoms in total. The molecule has 0 spiro atoms. The summed E-state index contributed by atoms with van der Waals surface area (Å²) in [4.78, 5) is 68.3. The van der Waals surface area contributed by atoms with Crippen LogP contribution in [0.1, 0.15) is 37.8 Å². The minimum Gasteiger partial charge on any atom is -0.489 e. The van der Waals surface area contributed by atoms with Crippen molar-refractivity contribution < 1.29 is 33.9 Å². The summed E-state index contributed by atoms with van der Waals surface area (Å²) < 4.78 is 5.77. The van der Waals surface area contributed by atoms with Crippen molar-refractivity contribution in [2.24, 2.45) is 5.16 Å². The van der Waals surface area contributed by atoms with Crippen LogP contribution in [0.3, 0.4) is 0 Å². The number of nitrogens with one attached hydrogen (secondary N) is 1. The van der Waals surface area contributed by atoms with Crippen molar-refractivity contribution in [2.45, 2.75) is 50.3 Å². The SMILES string of the molecule is Nc1nc(C(=NOC2CCCC2)C(=O)N[C@@H]2C(=O)N3C(C(=O)O)=C(C=C4CCN(c5ccccn5)C4=O)OC[C@H]23)cs1. The third-order valence-corrected chi connectivity index (χ3v) is 8.20. The maximum atomic E-state index is 13.3. The summed E-state index contributed by atoms with van der Waals surface area (Å²) in [6, 6.07) is 3.36. The Balaban J connectivity index is 1.20. The zero-order valence-electron chi connectivity index (χ0n) is 22.3. The molecule has 218 valence electrons. The minimum absolute atomic E-state index is 0.0978. The van der Waals surface area contributed by atoms with Crippen LogP contribution in [0, 0.1) is 0 Å². The maximum absolute atomic E-state index is 13.3. The molecular weight excluding hydrogens is 566 g/mol. The molecular formula is C27H27N7O7S. The van der Waals surface area contributed by atoms with Crippen LogP contribution in [-0.4, -0.2) is 80.7 Å². The molecule has 5 heterocycles. The number of carbonyl (C=O) groups is 4. The molecule has 0 bridgehead atoms. The Morgan fingerprint density at radius 2 is 2.07 bits per heavy atom. The molecule has 0 unspecified atom stereocenters. The summed E-state index contributed by atoms with van der Waals surface area (Å²) in [5.74, 6) is -2.69. The van der Waals surface area contributed by atoms with Gasteiger partial charge in [0.05, 0.1) is 0 Å². The monoisotopic (exact) mass is 593 g/mol. The number of nitrogens with zero attached hydrogens (tertiary/aromatic N) is 5. The highest BCUT2D eigenvalue weighted by molar-refractivity contribution is 7.13. The average molecular weight is 594 g/mol. The van der Waals surface area contributed by atoms with Gasteiger partial charge < -0.3 is 25.7 Å². The van der Waals surface area contributed by atoms with Gasteiger partial charge >= 0.3 is 5.97 Å².